The van der Waals surface area contributed by atoms with E-state index in [2.05, 4.69) is 99.3 Å². The van der Waals surface area contributed by atoms with Gasteiger partial charge in [-0.1, -0.05) is 141 Å². The number of methoxy groups -OCH3 is 1. The van der Waals surface area contributed by atoms with Gasteiger partial charge in [-0.2, -0.15) is 0 Å². The van der Waals surface area contributed by atoms with Crippen LogP contribution in [0.15, 0.2) is 115 Å². The molecule has 0 bridgehead atoms. The fourth-order valence-corrected chi connectivity index (χ4v) is 15.0. The number of ether oxygens (including phenoxy) is 3. The standard InChI is InChI=1S/C30H44O5Si2.C29H32O3.C6H6/c1-10-36(32)17-22-11-24-25(13-21(22)16-31)34-30(19-29(24,4)5)15-20-12-26(33-6)27(35-37(7,8)9)14-23(20)28(2,3)18-30;1-18-11-20-15-29(16-27(2,3)22(20)13-24(18)30)17-28(4,5)23-14-25(31)21(12-26(23)32-29)19-9-7-6-8-10-19;1-2-4-6-5-3-1/h11-14,31H,10,15-19H2,1-9H3;6-14,30-31H,15-17H2,1-5H3;1-6H. The lowest BCUT2D eigenvalue weighted by Gasteiger charge is -2.52. The van der Waals surface area contributed by atoms with Crippen LogP contribution in [0.3, 0.4) is 0 Å². The molecule has 0 amide bonds. The summed E-state index contributed by atoms with van der Waals surface area (Å²) in [5.41, 5.74) is 10.5. The topological polar surface area (TPSA) is 115 Å². The van der Waals surface area contributed by atoms with E-state index in [-0.39, 0.29) is 39.5 Å². The minimum atomic E-state index is -1.80. The lowest BCUT2D eigenvalue weighted by Crippen LogP contribution is -2.53. The predicted octanol–water partition coefficient (Wildman–Crippen LogP) is 15.1. The van der Waals surface area contributed by atoms with Crippen LogP contribution in [0.4, 0.5) is 0 Å². The summed E-state index contributed by atoms with van der Waals surface area (Å²) < 4.78 is 38.5. The van der Waals surface area contributed by atoms with Crippen molar-refractivity contribution in [3.63, 3.8) is 0 Å². The highest BCUT2D eigenvalue weighted by Crippen LogP contribution is 2.57. The van der Waals surface area contributed by atoms with E-state index in [9.17, 15) is 19.8 Å². The number of fused-ring (bicyclic) bond motifs is 4. The van der Waals surface area contributed by atoms with Gasteiger partial charge in [0.2, 0.25) is 8.32 Å². The molecule has 10 heteroatoms. The van der Waals surface area contributed by atoms with Gasteiger partial charge in [0.05, 0.1) is 13.7 Å². The van der Waals surface area contributed by atoms with Crippen molar-refractivity contribution in [2.45, 2.75) is 179 Å². The Bertz CT molecular complexity index is 3040. The monoisotopic (exact) mass is 1050 g/mol. The summed E-state index contributed by atoms with van der Waals surface area (Å²) in [7, 11) is -1.79. The summed E-state index contributed by atoms with van der Waals surface area (Å²) >= 11 is 0. The van der Waals surface area contributed by atoms with E-state index in [0.717, 1.165) is 100 Å². The lowest BCUT2D eigenvalue weighted by atomic mass is 9.60. The second kappa shape index (κ2) is 20.7. The van der Waals surface area contributed by atoms with E-state index >= 15 is 0 Å². The maximum absolute atomic E-state index is 12.4. The van der Waals surface area contributed by atoms with Crippen LogP contribution in [0.1, 0.15) is 138 Å². The second-order valence-corrected chi connectivity index (χ2v) is 32.1. The van der Waals surface area contributed by atoms with Gasteiger partial charge in [-0.25, -0.2) is 0 Å². The van der Waals surface area contributed by atoms with E-state index in [4.69, 9.17) is 18.6 Å². The summed E-state index contributed by atoms with van der Waals surface area (Å²) in [5.74, 6) is 4.00. The molecule has 0 saturated heterocycles. The molecule has 0 saturated carbocycles. The van der Waals surface area contributed by atoms with Crippen molar-refractivity contribution in [3.05, 3.63) is 165 Å². The molecule has 2 aliphatic heterocycles. The molecule has 75 heavy (non-hydrogen) atoms. The molecule has 6 aromatic carbocycles. The van der Waals surface area contributed by atoms with Crippen LogP contribution in [0.5, 0.6) is 34.5 Å². The molecular formula is C65H82O8Si2. The number of phenols is 2. The van der Waals surface area contributed by atoms with E-state index in [1.807, 2.05) is 105 Å². The molecule has 0 aromatic heterocycles. The maximum atomic E-state index is 12.4. The average Bonchev–Trinajstić information content (AvgIpc) is 3.32. The van der Waals surface area contributed by atoms with Gasteiger partial charge in [-0.05, 0) is 161 Å². The van der Waals surface area contributed by atoms with Gasteiger partial charge in [-0.15, -0.1) is 0 Å². The summed E-state index contributed by atoms with van der Waals surface area (Å²) in [5, 5.41) is 31.3. The van der Waals surface area contributed by atoms with Crippen molar-refractivity contribution in [2.75, 3.05) is 7.11 Å². The van der Waals surface area contributed by atoms with Crippen LogP contribution >= 0.6 is 0 Å². The first-order valence-electron chi connectivity index (χ1n) is 26.9. The zero-order valence-corrected chi connectivity index (χ0v) is 49.2. The number of aromatic hydroxyl groups is 2. The van der Waals surface area contributed by atoms with Gasteiger partial charge < -0.3 is 38.4 Å². The molecule has 2 heterocycles. The first-order chi connectivity index (χ1) is 35.1. The molecule has 3 N–H and O–H groups in total. The molecule has 0 radical (unpaired) electrons. The van der Waals surface area contributed by atoms with E-state index in [1.165, 1.54) is 22.3 Å². The third kappa shape index (κ3) is 11.8. The number of aliphatic hydroxyl groups is 1. The Labute approximate surface area is 450 Å². The fourth-order valence-electron chi connectivity index (χ4n) is 13.2. The fraction of sp³-hybridized carbons (Fsp3) is 0.446. The quantitative estimate of drug-likeness (QED) is 0.129. The van der Waals surface area contributed by atoms with Crippen molar-refractivity contribution < 1.29 is 38.4 Å². The van der Waals surface area contributed by atoms with Crippen LogP contribution in [-0.4, -0.2) is 50.6 Å². The lowest BCUT2D eigenvalue weighted by molar-refractivity contribution is -0.0126. The Morgan fingerprint density at radius 1 is 0.587 bits per heavy atom. The number of hydrogen-bond acceptors (Lipinski definition) is 8. The summed E-state index contributed by atoms with van der Waals surface area (Å²) in [4.78, 5) is 0. The van der Waals surface area contributed by atoms with Crippen molar-refractivity contribution in [2.24, 2.45) is 0 Å². The zero-order valence-electron chi connectivity index (χ0n) is 47.2. The Morgan fingerprint density at radius 2 is 1.05 bits per heavy atom. The highest BCUT2D eigenvalue weighted by atomic mass is 28.4. The SMILES string of the molecule is CC[Si](=O)Cc1cc2c(cc1CO)OC1(Cc3cc(OC)c(O[Si](C)(C)C)cc3C(C)(C)C1)CC2(C)C.Cc1cc2c(cc1O)C(C)(C)CC1(C2)CC(C)(C)c2cc(O)c(-c3ccccc3)cc2O1.c1ccccc1. The van der Waals surface area contributed by atoms with Crippen LogP contribution < -0.4 is 18.6 Å². The summed E-state index contributed by atoms with van der Waals surface area (Å²) in [6, 6.07) is 39.7. The molecule has 8 nitrogen and oxygen atoms in total. The normalized spacial score (nSPS) is 20.9. The molecule has 2 atom stereocenters. The first kappa shape index (κ1) is 55.5. The highest BCUT2D eigenvalue weighted by molar-refractivity contribution is 6.70. The molecule has 398 valence electrons. The Kier molecular flexibility index (Phi) is 15.3. The molecule has 0 fully saturated rings. The van der Waals surface area contributed by atoms with Gasteiger partial charge in [0.1, 0.15) is 39.9 Å². The average molecular weight is 1050 g/mol. The van der Waals surface area contributed by atoms with E-state index in [0.29, 0.717) is 23.6 Å². The number of aryl methyl sites for hydroxylation is 1. The predicted molar refractivity (Wildman–Crippen MR) is 307 cm³/mol. The minimum absolute atomic E-state index is 0.0797. The molecule has 6 aromatic rings. The molecule has 2 unspecified atom stereocenters. The smallest absolute Gasteiger partial charge is 0.280 e. The van der Waals surface area contributed by atoms with Crippen LogP contribution in [0.25, 0.3) is 11.1 Å². The van der Waals surface area contributed by atoms with E-state index < -0.39 is 17.0 Å². The van der Waals surface area contributed by atoms with Gasteiger partial charge in [0.15, 0.2) is 5.75 Å². The van der Waals surface area contributed by atoms with Gasteiger partial charge in [-0.3, -0.25) is 0 Å². The van der Waals surface area contributed by atoms with Crippen molar-refractivity contribution >= 4 is 17.0 Å². The highest BCUT2D eigenvalue weighted by Gasteiger charge is 2.53. The molecular weight excluding hydrogens is 965 g/mol. The minimum Gasteiger partial charge on any atom is -0.542 e. The number of rotatable bonds is 8. The summed E-state index contributed by atoms with van der Waals surface area (Å²) in [6.45, 7) is 28.6. The van der Waals surface area contributed by atoms with Crippen molar-refractivity contribution in [3.8, 4) is 45.6 Å². The van der Waals surface area contributed by atoms with Gasteiger partial charge in [0, 0.05) is 35.6 Å². The number of aliphatic hydroxyl groups excluding tert-OH is 1. The van der Waals surface area contributed by atoms with Gasteiger partial charge >= 0.3 is 0 Å². The second-order valence-electron chi connectivity index (χ2n) is 25.6. The molecule has 10 rings (SSSR count). The molecule has 2 aliphatic carbocycles. The van der Waals surface area contributed by atoms with Gasteiger partial charge in [0.25, 0.3) is 8.68 Å². The van der Waals surface area contributed by atoms with E-state index in [1.54, 1.807) is 7.11 Å². The molecule has 2 spiro atoms. The molecule has 4 aliphatic rings. The number of phenolic OH excluding ortho intramolecular Hbond substituents is 2. The number of benzene rings is 6. The van der Waals surface area contributed by atoms with Crippen molar-refractivity contribution in [1.29, 1.82) is 0 Å². The van der Waals surface area contributed by atoms with Crippen LogP contribution in [-0.2, 0) is 51.6 Å². The number of hydrogen-bond donors (Lipinski definition) is 3. The zero-order chi connectivity index (χ0) is 54.5. The summed E-state index contributed by atoms with van der Waals surface area (Å²) in [6.07, 6.45) is 5.12. The third-order valence-electron chi connectivity index (χ3n) is 16.0. The van der Waals surface area contributed by atoms with Crippen LogP contribution in [0, 0.1) is 6.92 Å². The first-order valence-corrected chi connectivity index (χ1v) is 32.2. The van der Waals surface area contributed by atoms with Crippen LogP contribution in [0.2, 0.25) is 25.7 Å². The maximum Gasteiger partial charge on any atom is 0.280 e. The largest absolute Gasteiger partial charge is 0.542 e. The Morgan fingerprint density at radius 3 is 1.56 bits per heavy atom. The Balaban J connectivity index is 0.000000180. The third-order valence-corrected chi connectivity index (χ3v) is 18.4. The Hall–Kier alpha value is -5.69. The van der Waals surface area contributed by atoms with Crippen molar-refractivity contribution in [1.82, 2.24) is 0 Å².